The quantitative estimate of drug-likeness (QED) is 0.637. The van der Waals surface area contributed by atoms with Crippen molar-refractivity contribution < 1.29 is 0 Å². The summed E-state index contributed by atoms with van der Waals surface area (Å²) in [6.45, 7) is 0. The van der Waals surface area contributed by atoms with Crippen molar-refractivity contribution in [1.82, 2.24) is 4.98 Å². The molecule has 2 aromatic carbocycles. The highest BCUT2D eigenvalue weighted by molar-refractivity contribution is 6.25. The molecule has 0 radical (unpaired) electrons. The molecule has 0 unspecified atom stereocenters. The molecule has 0 aliphatic rings. The Morgan fingerprint density at radius 3 is 2.42 bits per heavy atom. The lowest BCUT2D eigenvalue weighted by Crippen LogP contribution is -1.99. The summed E-state index contributed by atoms with van der Waals surface area (Å²) < 4.78 is 1.57. The predicted octanol–water partition coefficient (Wildman–Crippen LogP) is 4.49. The molecule has 1 heterocycles. The maximum atomic E-state index is 5.91. The van der Waals surface area contributed by atoms with Crippen LogP contribution in [-0.4, -0.2) is 12.0 Å². The summed E-state index contributed by atoms with van der Waals surface area (Å²) in [5.41, 5.74) is 3.06. The molecule has 3 heteroatoms. The van der Waals surface area contributed by atoms with Crippen LogP contribution in [0.15, 0.2) is 60.8 Å². The topological polar surface area (TPSA) is 16.1 Å². The van der Waals surface area contributed by atoms with Crippen molar-refractivity contribution in [2.24, 2.45) is 0 Å². The molecule has 0 fully saturated rings. The normalized spacial score (nSPS) is 10.6. The van der Waals surface area contributed by atoms with E-state index in [0.29, 0.717) is 0 Å². The van der Waals surface area contributed by atoms with Gasteiger partial charge in [-0.3, -0.25) is 9.40 Å². The molecule has 0 spiro atoms. The van der Waals surface area contributed by atoms with E-state index < -0.39 is 0 Å². The molecule has 0 atom stereocenters. The van der Waals surface area contributed by atoms with Crippen molar-refractivity contribution in [3.8, 4) is 11.3 Å². The monoisotopic (exact) mass is 268 g/mol. The summed E-state index contributed by atoms with van der Waals surface area (Å²) >= 11 is 5.91. The number of hydrogen-bond donors (Lipinski definition) is 0. The molecule has 0 saturated carbocycles. The van der Waals surface area contributed by atoms with Gasteiger partial charge in [-0.25, -0.2) is 0 Å². The smallest absolute Gasteiger partial charge is 0.0780 e. The van der Waals surface area contributed by atoms with Crippen LogP contribution in [0.1, 0.15) is 0 Å². The molecule has 3 aromatic rings. The second kappa shape index (κ2) is 4.90. The first kappa shape index (κ1) is 12.0. The summed E-state index contributed by atoms with van der Waals surface area (Å²) in [5.74, 6) is 0. The average Bonchev–Trinajstić information content (AvgIpc) is 2.47. The van der Waals surface area contributed by atoms with E-state index in [1.807, 2.05) is 55.7 Å². The Kier molecular flexibility index (Phi) is 3.10. The predicted molar refractivity (Wildman–Crippen MR) is 81.4 cm³/mol. The fourth-order valence-electron chi connectivity index (χ4n) is 2.17. The number of anilines is 1. The first-order chi connectivity index (χ1) is 9.25. The Labute approximate surface area is 117 Å². The SMILES string of the molecule is CN(Cl)c1ccc(-c2nccc3ccccc23)cc1. The van der Waals surface area contributed by atoms with Crippen LogP contribution in [0, 0.1) is 0 Å². The van der Waals surface area contributed by atoms with E-state index >= 15 is 0 Å². The number of nitrogens with zero attached hydrogens (tertiary/aromatic N) is 2. The van der Waals surface area contributed by atoms with Gasteiger partial charge < -0.3 is 0 Å². The minimum Gasteiger partial charge on any atom is -0.288 e. The molecule has 0 bridgehead atoms. The standard InChI is InChI=1S/C16H13ClN2/c1-19(17)14-8-6-13(7-9-14)16-15-5-3-2-4-12(15)10-11-18-16/h2-11H,1H3. The number of fused-ring (bicyclic) bond motifs is 1. The lowest BCUT2D eigenvalue weighted by Gasteiger charge is -2.10. The summed E-state index contributed by atoms with van der Waals surface area (Å²) in [5, 5.41) is 2.36. The number of pyridine rings is 1. The van der Waals surface area contributed by atoms with Crippen LogP contribution < -0.4 is 4.42 Å². The Hall–Kier alpha value is -2.06. The van der Waals surface area contributed by atoms with Gasteiger partial charge in [0.1, 0.15) is 0 Å². The molecule has 0 saturated heterocycles. The maximum absolute atomic E-state index is 5.91. The first-order valence-electron chi connectivity index (χ1n) is 6.09. The minimum atomic E-state index is 0.964. The molecular weight excluding hydrogens is 256 g/mol. The van der Waals surface area contributed by atoms with Crippen molar-refractivity contribution in [3.05, 3.63) is 60.8 Å². The fraction of sp³-hybridized carbons (Fsp3) is 0.0625. The van der Waals surface area contributed by atoms with Gasteiger partial charge >= 0.3 is 0 Å². The van der Waals surface area contributed by atoms with Crippen molar-refractivity contribution in [1.29, 1.82) is 0 Å². The van der Waals surface area contributed by atoms with Gasteiger partial charge in [0.05, 0.1) is 11.4 Å². The maximum Gasteiger partial charge on any atom is 0.0780 e. The van der Waals surface area contributed by atoms with Gasteiger partial charge in [0.2, 0.25) is 0 Å². The van der Waals surface area contributed by atoms with Gasteiger partial charge in [0.25, 0.3) is 0 Å². The molecule has 0 aliphatic heterocycles. The molecule has 0 amide bonds. The van der Waals surface area contributed by atoms with Crippen molar-refractivity contribution in [3.63, 3.8) is 0 Å². The Morgan fingerprint density at radius 1 is 0.947 bits per heavy atom. The Morgan fingerprint density at radius 2 is 1.68 bits per heavy atom. The Balaban J connectivity index is 2.14. The van der Waals surface area contributed by atoms with Crippen LogP contribution >= 0.6 is 11.8 Å². The number of halogens is 1. The molecule has 0 N–H and O–H groups in total. The van der Waals surface area contributed by atoms with Crippen LogP contribution in [-0.2, 0) is 0 Å². The number of hydrogen-bond acceptors (Lipinski definition) is 2. The third kappa shape index (κ3) is 2.27. The average molecular weight is 269 g/mol. The van der Waals surface area contributed by atoms with E-state index in [-0.39, 0.29) is 0 Å². The summed E-state index contributed by atoms with van der Waals surface area (Å²) in [6, 6.07) is 18.4. The largest absolute Gasteiger partial charge is 0.288 e. The molecule has 1 aromatic heterocycles. The number of aromatic nitrogens is 1. The van der Waals surface area contributed by atoms with E-state index in [1.165, 1.54) is 5.39 Å². The zero-order valence-corrected chi connectivity index (χ0v) is 11.3. The number of rotatable bonds is 2. The third-order valence-electron chi connectivity index (χ3n) is 3.17. The second-order valence-electron chi connectivity index (χ2n) is 4.40. The van der Waals surface area contributed by atoms with Gasteiger partial charge in [-0.1, -0.05) is 36.4 Å². The van der Waals surface area contributed by atoms with E-state index in [9.17, 15) is 0 Å². The van der Waals surface area contributed by atoms with Crippen LogP contribution in [0.5, 0.6) is 0 Å². The molecule has 3 rings (SSSR count). The van der Waals surface area contributed by atoms with E-state index in [0.717, 1.165) is 22.3 Å². The number of benzene rings is 2. The highest BCUT2D eigenvalue weighted by Crippen LogP contribution is 2.27. The highest BCUT2D eigenvalue weighted by Gasteiger charge is 2.05. The molecule has 94 valence electrons. The summed E-state index contributed by atoms with van der Waals surface area (Å²) in [6.07, 6.45) is 1.85. The molecule has 19 heavy (non-hydrogen) atoms. The van der Waals surface area contributed by atoms with Crippen LogP contribution in [0.3, 0.4) is 0 Å². The molecule has 2 nitrogen and oxygen atoms in total. The first-order valence-corrected chi connectivity index (χ1v) is 6.43. The van der Waals surface area contributed by atoms with E-state index in [4.69, 9.17) is 11.8 Å². The highest BCUT2D eigenvalue weighted by atomic mass is 35.5. The molecular formula is C16H13ClN2. The van der Waals surface area contributed by atoms with Gasteiger partial charge in [-0.05, 0) is 23.6 Å². The second-order valence-corrected chi connectivity index (χ2v) is 4.91. The Bertz CT molecular complexity index is 700. The van der Waals surface area contributed by atoms with Crippen LogP contribution in [0.4, 0.5) is 5.69 Å². The van der Waals surface area contributed by atoms with Gasteiger partial charge in [0, 0.05) is 36.0 Å². The zero-order valence-electron chi connectivity index (χ0n) is 10.5. The van der Waals surface area contributed by atoms with Crippen LogP contribution in [0.25, 0.3) is 22.0 Å². The van der Waals surface area contributed by atoms with E-state index in [2.05, 4.69) is 17.1 Å². The lowest BCUT2D eigenvalue weighted by molar-refractivity contribution is 1.33. The third-order valence-corrected chi connectivity index (χ3v) is 3.37. The molecule has 0 aliphatic carbocycles. The summed E-state index contributed by atoms with van der Waals surface area (Å²) in [7, 11) is 1.81. The van der Waals surface area contributed by atoms with Gasteiger partial charge in [0.15, 0.2) is 0 Å². The van der Waals surface area contributed by atoms with Crippen molar-refractivity contribution >= 4 is 28.2 Å². The van der Waals surface area contributed by atoms with Gasteiger partial charge in [-0.2, -0.15) is 0 Å². The van der Waals surface area contributed by atoms with E-state index in [1.54, 1.807) is 4.42 Å². The van der Waals surface area contributed by atoms with Gasteiger partial charge in [-0.15, -0.1) is 0 Å². The van der Waals surface area contributed by atoms with Crippen molar-refractivity contribution in [2.45, 2.75) is 0 Å². The minimum absolute atomic E-state index is 0.964. The zero-order chi connectivity index (χ0) is 13.2. The fourth-order valence-corrected chi connectivity index (χ4v) is 2.29. The van der Waals surface area contributed by atoms with Crippen LogP contribution in [0.2, 0.25) is 0 Å². The van der Waals surface area contributed by atoms with Crippen molar-refractivity contribution in [2.75, 3.05) is 11.5 Å². The lowest BCUT2D eigenvalue weighted by atomic mass is 10.0. The summed E-state index contributed by atoms with van der Waals surface area (Å²) in [4.78, 5) is 4.51.